The number of nitrogens with one attached hydrogen (secondary N) is 1. The normalized spacial score (nSPS) is 16.5. The van der Waals surface area contributed by atoms with Crippen LogP contribution in [0.2, 0.25) is 0 Å². The van der Waals surface area contributed by atoms with Gasteiger partial charge in [-0.1, -0.05) is 0 Å². The SMILES string of the molecule is COc1ccc(N2C(=O)CCS2(=O)=O)cc1S(=O)(=O)Nc1ccc(S(N)(=O)=O)cc1. The third-order valence-electron chi connectivity index (χ3n) is 4.18. The van der Waals surface area contributed by atoms with Crippen molar-refractivity contribution in [3.63, 3.8) is 0 Å². The minimum Gasteiger partial charge on any atom is -0.495 e. The summed E-state index contributed by atoms with van der Waals surface area (Å²) in [5.41, 5.74) is -0.108. The van der Waals surface area contributed by atoms with Gasteiger partial charge in [0.25, 0.3) is 10.0 Å². The van der Waals surface area contributed by atoms with E-state index < -0.39 is 40.9 Å². The summed E-state index contributed by atoms with van der Waals surface area (Å²) in [7, 11) is -10.9. The molecule has 3 N–H and O–H groups in total. The fraction of sp³-hybridized carbons (Fsp3) is 0.188. The summed E-state index contributed by atoms with van der Waals surface area (Å²) in [6.45, 7) is 0. The van der Waals surface area contributed by atoms with Crippen molar-refractivity contribution in [2.45, 2.75) is 16.2 Å². The molecule has 0 saturated carbocycles. The van der Waals surface area contributed by atoms with Gasteiger partial charge in [-0.25, -0.2) is 34.7 Å². The Hall–Kier alpha value is -2.68. The number of primary sulfonamides is 1. The highest BCUT2D eigenvalue weighted by Crippen LogP contribution is 2.33. The lowest BCUT2D eigenvalue weighted by Gasteiger charge is -2.18. The van der Waals surface area contributed by atoms with Crippen LogP contribution in [0, 0.1) is 0 Å². The molecule has 1 saturated heterocycles. The minimum absolute atomic E-state index is 0.0275. The zero-order valence-electron chi connectivity index (χ0n) is 15.5. The highest BCUT2D eigenvalue weighted by molar-refractivity contribution is 7.94. The highest BCUT2D eigenvalue weighted by atomic mass is 32.2. The molecule has 14 heteroatoms. The number of amides is 1. The Morgan fingerprint density at radius 2 is 1.70 bits per heavy atom. The van der Waals surface area contributed by atoms with Crippen molar-refractivity contribution in [3.05, 3.63) is 42.5 Å². The van der Waals surface area contributed by atoms with E-state index in [0.29, 0.717) is 4.31 Å². The number of hydrogen-bond donors (Lipinski definition) is 2. The van der Waals surface area contributed by atoms with E-state index in [4.69, 9.17) is 9.88 Å². The molecule has 1 amide bonds. The zero-order chi connectivity index (χ0) is 22.3. The summed E-state index contributed by atoms with van der Waals surface area (Å²) in [4.78, 5) is 11.4. The van der Waals surface area contributed by atoms with Gasteiger partial charge in [0.2, 0.25) is 26.0 Å². The number of nitrogens with zero attached hydrogens (tertiary/aromatic N) is 1. The largest absolute Gasteiger partial charge is 0.495 e. The topological polar surface area (TPSA) is 170 Å². The number of sulfonamides is 3. The molecule has 30 heavy (non-hydrogen) atoms. The number of carbonyl (C=O) groups excluding carboxylic acids is 1. The van der Waals surface area contributed by atoms with Gasteiger partial charge in [-0.3, -0.25) is 9.52 Å². The minimum atomic E-state index is -4.30. The van der Waals surface area contributed by atoms with Crippen molar-refractivity contribution in [2.24, 2.45) is 5.14 Å². The predicted molar refractivity (Wildman–Crippen MR) is 108 cm³/mol. The van der Waals surface area contributed by atoms with E-state index in [2.05, 4.69) is 4.72 Å². The van der Waals surface area contributed by atoms with E-state index in [-0.39, 0.29) is 34.2 Å². The van der Waals surface area contributed by atoms with Crippen LogP contribution < -0.4 is 18.9 Å². The lowest BCUT2D eigenvalue weighted by atomic mass is 10.3. The Bertz CT molecular complexity index is 1320. The van der Waals surface area contributed by atoms with Crippen LogP contribution >= 0.6 is 0 Å². The number of nitrogens with two attached hydrogens (primary N) is 1. The van der Waals surface area contributed by atoms with Crippen LogP contribution in [0.4, 0.5) is 11.4 Å². The van der Waals surface area contributed by atoms with E-state index in [1.807, 2.05) is 0 Å². The summed E-state index contributed by atoms with van der Waals surface area (Å²) in [6, 6.07) is 8.14. The number of rotatable bonds is 6. The summed E-state index contributed by atoms with van der Waals surface area (Å²) in [6.07, 6.45) is -0.203. The van der Waals surface area contributed by atoms with Crippen molar-refractivity contribution < 1.29 is 34.8 Å². The van der Waals surface area contributed by atoms with E-state index >= 15 is 0 Å². The van der Waals surface area contributed by atoms with Crippen molar-refractivity contribution in [2.75, 3.05) is 21.9 Å². The molecular weight excluding hydrogens is 458 g/mol. The molecule has 1 fully saturated rings. The predicted octanol–water partition coefficient (Wildman–Crippen LogP) is 0.210. The molecule has 1 heterocycles. The molecule has 0 radical (unpaired) electrons. The van der Waals surface area contributed by atoms with E-state index in [0.717, 1.165) is 18.2 Å². The Balaban J connectivity index is 2.02. The van der Waals surface area contributed by atoms with Crippen LogP contribution in [0.15, 0.2) is 52.3 Å². The van der Waals surface area contributed by atoms with Gasteiger partial charge in [0.15, 0.2) is 0 Å². The maximum Gasteiger partial charge on any atom is 0.265 e. The summed E-state index contributed by atoms with van der Waals surface area (Å²) in [5.74, 6) is -1.12. The molecule has 0 unspecified atom stereocenters. The average molecular weight is 476 g/mol. The molecule has 0 spiro atoms. The average Bonchev–Trinajstić information content (AvgIpc) is 2.93. The van der Waals surface area contributed by atoms with E-state index in [1.165, 1.54) is 31.4 Å². The number of ether oxygens (including phenoxy) is 1. The van der Waals surface area contributed by atoms with E-state index in [9.17, 15) is 30.0 Å². The van der Waals surface area contributed by atoms with Crippen LogP contribution in [-0.4, -0.2) is 44.0 Å². The molecule has 0 aromatic heterocycles. The highest BCUT2D eigenvalue weighted by Gasteiger charge is 2.37. The van der Waals surface area contributed by atoms with Crippen LogP contribution in [-0.2, 0) is 34.9 Å². The van der Waals surface area contributed by atoms with Crippen molar-refractivity contribution in [3.8, 4) is 5.75 Å². The van der Waals surface area contributed by atoms with Crippen molar-refractivity contribution >= 4 is 47.4 Å². The molecule has 0 bridgehead atoms. The smallest absolute Gasteiger partial charge is 0.265 e. The molecule has 1 aliphatic heterocycles. The number of carbonyl (C=O) groups is 1. The van der Waals surface area contributed by atoms with Gasteiger partial charge in [-0.05, 0) is 42.5 Å². The van der Waals surface area contributed by atoms with Gasteiger partial charge in [-0.15, -0.1) is 0 Å². The zero-order valence-corrected chi connectivity index (χ0v) is 17.9. The molecule has 0 atom stereocenters. The maximum absolute atomic E-state index is 12.9. The molecular formula is C16H17N3O8S3. The molecule has 162 valence electrons. The molecule has 2 aromatic carbocycles. The van der Waals surface area contributed by atoms with Gasteiger partial charge >= 0.3 is 0 Å². The van der Waals surface area contributed by atoms with Gasteiger partial charge in [0.05, 0.1) is 23.4 Å². The van der Waals surface area contributed by atoms with Crippen molar-refractivity contribution in [1.82, 2.24) is 0 Å². The quantitative estimate of drug-likeness (QED) is 0.597. The first-order chi connectivity index (χ1) is 13.8. The molecule has 11 nitrogen and oxygen atoms in total. The fourth-order valence-corrected chi connectivity index (χ4v) is 6.01. The van der Waals surface area contributed by atoms with Crippen LogP contribution in [0.1, 0.15) is 6.42 Å². The Morgan fingerprint density at radius 3 is 2.20 bits per heavy atom. The third kappa shape index (κ3) is 4.26. The van der Waals surface area contributed by atoms with Gasteiger partial charge in [0, 0.05) is 12.1 Å². The molecule has 2 aromatic rings. The third-order valence-corrected chi connectivity index (χ3v) is 8.21. The standard InChI is InChI=1S/C16H17N3O8S3/c1-27-14-7-4-12(19-16(20)8-9-28(19,21)22)10-15(14)30(25,26)18-11-2-5-13(6-3-11)29(17,23)24/h2-7,10,18H,8-9H2,1H3,(H2,17,23,24). The van der Waals surface area contributed by atoms with Gasteiger partial charge < -0.3 is 4.74 Å². The summed E-state index contributed by atoms with van der Waals surface area (Å²) in [5, 5.41) is 5.01. The fourth-order valence-electron chi connectivity index (χ4n) is 2.79. The first kappa shape index (κ1) is 22.0. The van der Waals surface area contributed by atoms with Crippen LogP contribution in [0.3, 0.4) is 0 Å². The molecule has 3 rings (SSSR count). The van der Waals surface area contributed by atoms with Crippen LogP contribution in [0.5, 0.6) is 5.75 Å². The Kier molecular flexibility index (Phi) is 5.53. The Labute approximate surface area is 173 Å². The Morgan fingerprint density at radius 1 is 1.07 bits per heavy atom. The number of methoxy groups -OCH3 is 1. The summed E-state index contributed by atoms with van der Waals surface area (Å²) >= 11 is 0. The number of anilines is 2. The lowest BCUT2D eigenvalue weighted by molar-refractivity contribution is -0.116. The second-order valence-corrected chi connectivity index (χ2v) is 11.4. The molecule has 1 aliphatic rings. The number of benzene rings is 2. The van der Waals surface area contributed by atoms with Crippen LogP contribution in [0.25, 0.3) is 0 Å². The second-order valence-electron chi connectivity index (χ2n) is 6.23. The number of hydrogen-bond acceptors (Lipinski definition) is 8. The maximum atomic E-state index is 12.9. The monoisotopic (exact) mass is 475 g/mol. The van der Waals surface area contributed by atoms with Gasteiger partial charge in [0.1, 0.15) is 10.6 Å². The lowest BCUT2D eigenvalue weighted by Crippen LogP contribution is -2.29. The molecule has 0 aliphatic carbocycles. The van der Waals surface area contributed by atoms with Gasteiger partial charge in [-0.2, -0.15) is 0 Å². The first-order valence-corrected chi connectivity index (χ1v) is 12.9. The summed E-state index contributed by atoms with van der Waals surface area (Å²) < 4.78 is 80.6. The van der Waals surface area contributed by atoms with E-state index in [1.54, 1.807) is 0 Å². The first-order valence-electron chi connectivity index (χ1n) is 8.25. The second kappa shape index (κ2) is 7.54. The van der Waals surface area contributed by atoms with Crippen molar-refractivity contribution in [1.29, 1.82) is 0 Å².